The third-order valence-electron chi connectivity index (χ3n) is 2.61. The maximum Gasteiger partial charge on any atom is 0.0218 e. The molecule has 1 N–H and O–H groups in total. The summed E-state index contributed by atoms with van der Waals surface area (Å²) >= 11 is 0. The maximum atomic E-state index is 3.40. The Morgan fingerprint density at radius 1 is 1.40 bits per heavy atom. The number of fused-ring (bicyclic) bond motifs is 1. The van der Waals surface area contributed by atoms with Crippen LogP contribution >= 0.6 is 0 Å². The summed E-state index contributed by atoms with van der Waals surface area (Å²) in [5.41, 5.74) is 4.62. The lowest BCUT2D eigenvalue weighted by Crippen LogP contribution is -2.33. The summed E-state index contributed by atoms with van der Waals surface area (Å²) in [6.45, 7) is 2.24. The summed E-state index contributed by atoms with van der Waals surface area (Å²) in [6, 6.07) is 6.82. The van der Waals surface area contributed by atoms with Crippen LogP contribution in [0.1, 0.15) is 22.6 Å². The third kappa shape index (κ3) is 0.400. The molecule has 0 saturated carbocycles. The smallest absolute Gasteiger partial charge is 0.0218 e. The highest BCUT2D eigenvalue weighted by molar-refractivity contribution is 5.51. The van der Waals surface area contributed by atoms with E-state index in [9.17, 15) is 0 Å². The van der Waals surface area contributed by atoms with E-state index >= 15 is 0 Å². The minimum Gasteiger partial charge on any atom is -0.312 e. The maximum absolute atomic E-state index is 3.40. The normalized spacial score (nSPS) is 25.8. The van der Waals surface area contributed by atoms with Crippen LogP contribution in [0.15, 0.2) is 18.2 Å². The molecule has 1 aromatic rings. The number of rotatable bonds is 0. The Hall–Kier alpha value is -0.820. The van der Waals surface area contributed by atoms with Gasteiger partial charge in [-0.25, -0.2) is 0 Å². The monoisotopic (exact) mass is 131 g/mol. The predicted octanol–water partition coefficient (Wildman–Crippen LogP) is 1.24. The van der Waals surface area contributed by atoms with Crippen molar-refractivity contribution in [2.45, 2.75) is 12.5 Å². The molecule has 2 aliphatic carbocycles. The van der Waals surface area contributed by atoms with Gasteiger partial charge < -0.3 is 5.32 Å². The third-order valence-corrected chi connectivity index (χ3v) is 2.61. The lowest BCUT2D eigenvalue weighted by atomic mass is 9.75. The van der Waals surface area contributed by atoms with Gasteiger partial charge in [0.1, 0.15) is 0 Å². The van der Waals surface area contributed by atoms with Crippen molar-refractivity contribution in [1.29, 1.82) is 0 Å². The van der Waals surface area contributed by atoms with E-state index in [0.29, 0.717) is 0 Å². The van der Waals surface area contributed by atoms with Crippen LogP contribution in [0.5, 0.6) is 0 Å². The lowest BCUT2D eigenvalue weighted by molar-refractivity contribution is 0.565. The Labute approximate surface area is 60.1 Å². The Bertz CT molecular complexity index is 282. The van der Waals surface area contributed by atoms with Gasteiger partial charge in [0, 0.05) is 19.0 Å². The van der Waals surface area contributed by atoms with Gasteiger partial charge in [-0.1, -0.05) is 18.2 Å². The Balaban J connectivity index is 2.30. The van der Waals surface area contributed by atoms with E-state index in [-0.39, 0.29) is 0 Å². The molecule has 0 spiro atoms. The average Bonchev–Trinajstić information content (AvgIpc) is 1.96. The number of hydrogen-bond donors (Lipinski definition) is 1. The molecular formula is C9H9N. The SMILES string of the molecule is c1cc2c3cc1C3CNC2. The van der Waals surface area contributed by atoms with Gasteiger partial charge >= 0.3 is 0 Å². The van der Waals surface area contributed by atoms with E-state index in [1.807, 2.05) is 0 Å². The topological polar surface area (TPSA) is 12.0 Å². The van der Waals surface area contributed by atoms with Crippen molar-refractivity contribution in [2.24, 2.45) is 0 Å². The van der Waals surface area contributed by atoms with Crippen LogP contribution in [-0.4, -0.2) is 6.54 Å². The van der Waals surface area contributed by atoms with E-state index in [1.165, 1.54) is 11.1 Å². The van der Waals surface area contributed by atoms with E-state index in [1.54, 1.807) is 5.56 Å². The van der Waals surface area contributed by atoms with Crippen molar-refractivity contribution in [3.63, 3.8) is 0 Å². The molecule has 0 radical (unpaired) electrons. The first-order chi connectivity index (χ1) is 4.95. The molecular weight excluding hydrogens is 122 g/mol. The van der Waals surface area contributed by atoms with E-state index in [4.69, 9.17) is 0 Å². The molecule has 1 aromatic carbocycles. The first kappa shape index (κ1) is 4.91. The second-order valence-electron chi connectivity index (χ2n) is 3.14. The van der Waals surface area contributed by atoms with Gasteiger partial charge in [-0.3, -0.25) is 0 Å². The summed E-state index contributed by atoms with van der Waals surface area (Å²) in [5.74, 6) is 0.758. The highest BCUT2D eigenvalue weighted by Crippen LogP contribution is 2.39. The molecule has 0 aromatic heterocycles. The van der Waals surface area contributed by atoms with Gasteiger partial charge in [0.2, 0.25) is 0 Å². The van der Waals surface area contributed by atoms with Crippen LogP contribution in [0.3, 0.4) is 0 Å². The van der Waals surface area contributed by atoms with Gasteiger partial charge in [-0.2, -0.15) is 0 Å². The quantitative estimate of drug-likeness (QED) is 0.558. The fourth-order valence-electron chi connectivity index (χ4n) is 1.98. The van der Waals surface area contributed by atoms with Crippen LogP contribution < -0.4 is 5.32 Å². The second kappa shape index (κ2) is 1.43. The molecule has 1 heterocycles. The van der Waals surface area contributed by atoms with Crippen molar-refractivity contribution < 1.29 is 0 Å². The molecule has 1 heteroatoms. The van der Waals surface area contributed by atoms with Gasteiger partial charge in [-0.15, -0.1) is 0 Å². The van der Waals surface area contributed by atoms with Crippen molar-refractivity contribution in [2.75, 3.05) is 6.54 Å². The largest absolute Gasteiger partial charge is 0.312 e. The molecule has 1 nitrogen and oxygen atoms in total. The van der Waals surface area contributed by atoms with Crippen LogP contribution in [0.25, 0.3) is 0 Å². The van der Waals surface area contributed by atoms with Crippen molar-refractivity contribution in [1.82, 2.24) is 5.32 Å². The molecule has 0 amide bonds. The zero-order valence-electron chi connectivity index (χ0n) is 5.72. The van der Waals surface area contributed by atoms with E-state index in [0.717, 1.165) is 19.0 Å². The molecule has 1 atom stereocenters. The Kier molecular flexibility index (Phi) is 0.702. The first-order valence-corrected chi connectivity index (χ1v) is 3.78. The van der Waals surface area contributed by atoms with Crippen molar-refractivity contribution >= 4 is 0 Å². The molecule has 50 valence electrons. The summed E-state index contributed by atoms with van der Waals surface area (Å²) < 4.78 is 0. The Morgan fingerprint density at radius 3 is 3.10 bits per heavy atom. The van der Waals surface area contributed by atoms with Crippen LogP contribution in [0.2, 0.25) is 0 Å². The summed E-state index contributed by atoms with van der Waals surface area (Å²) in [6.07, 6.45) is 0. The van der Waals surface area contributed by atoms with Crippen molar-refractivity contribution in [3.05, 3.63) is 34.9 Å². The highest BCUT2D eigenvalue weighted by Gasteiger charge is 2.28. The van der Waals surface area contributed by atoms with Gasteiger partial charge in [-0.05, 0) is 16.7 Å². The zero-order chi connectivity index (χ0) is 6.55. The molecule has 4 rings (SSSR count). The summed E-state index contributed by atoms with van der Waals surface area (Å²) in [7, 11) is 0. The molecule has 0 fully saturated rings. The van der Waals surface area contributed by atoms with Crippen LogP contribution in [0.4, 0.5) is 0 Å². The fraction of sp³-hybridized carbons (Fsp3) is 0.333. The second-order valence-corrected chi connectivity index (χ2v) is 3.14. The number of hydrogen-bond acceptors (Lipinski definition) is 1. The standard InChI is InChI=1S/C9H9N/c1-2-7-4-10-5-9-6(1)3-8(7)9/h1-3,9-10H,4-5H2. The van der Waals surface area contributed by atoms with Crippen LogP contribution in [-0.2, 0) is 6.54 Å². The highest BCUT2D eigenvalue weighted by atomic mass is 14.9. The molecule has 1 aliphatic heterocycles. The first-order valence-electron chi connectivity index (χ1n) is 3.78. The lowest BCUT2D eigenvalue weighted by Gasteiger charge is -2.34. The van der Waals surface area contributed by atoms with Crippen molar-refractivity contribution in [3.8, 4) is 0 Å². The number of benzene rings is 1. The molecule has 0 saturated heterocycles. The van der Waals surface area contributed by atoms with E-state index in [2.05, 4.69) is 23.5 Å². The van der Waals surface area contributed by atoms with E-state index < -0.39 is 0 Å². The molecule has 1 unspecified atom stereocenters. The minimum atomic E-state index is 0.758. The van der Waals surface area contributed by atoms with Crippen LogP contribution in [0, 0.1) is 0 Å². The van der Waals surface area contributed by atoms with Gasteiger partial charge in [0.05, 0.1) is 0 Å². The molecule has 4 bridgehead atoms. The van der Waals surface area contributed by atoms with Gasteiger partial charge in [0.25, 0.3) is 0 Å². The molecule has 3 aliphatic rings. The fourth-order valence-corrected chi connectivity index (χ4v) is 1.98. The summed E-state index contributed by atoms with van der Waals surface area (Å²) in [4.78, 5) is 0. The average molecular weight is 131 g/mol. The zero-order valence-corrected chi connectivity index (χ0v) is 5.72. The number of nitrogens with one attached hydrogen (secondary N) is 1. The Morgan fingerprint density at radius 2 is 2.40 bits per heavy atom. The minimum absolute atomic E-state index is 0.758. The predicted molar refractivity (Wildman–Crippen MR) is 40.0 cm³/mol. The summed E-state index contributed by atoms with van der Waals surface area (Å²) in [5, 5.41) is 3.40. The molecule has 10 heavy (non-hydrogen) atoms. The van der Waals surface area contributed by atoms with Gasteiger partial charge in [0.15, 0.2) is 0 Å².